The number of benzene rings is 2. The molecule has 2 unspecified atom stereocenters. The van der Waals surface area contributed by atoms with Crippen LogP contribution in [0.1, 0.15) is 49.7 Å². The molecule has 1 aliphatic carbocycles. The normalized spacial score (nSPS) is 13.9. The number of fused-ring (bicyclic) bond motifs is 3. The number of ether oxygens (including phenoxy) is 2. The number of unbranched alkanes of at least 4 members (excludes halogenated alkanes) is 1. The molecule has 0 heterocycles. The molecule has 1 aliphatic rings. The maximum Gasteiger partial charge on any atom is 0.407 e. The van der Waals surface area contributed by atoms with Crippen LogP contribution in [0.4, 0.5) is 4.79 Å². The van der Waals surface area contributed by atoms with Crippen LogP contribution in [0.25, 0.3) is 11.1 Å². The van der Waals surface area contributed by atoms with Gasteiger partial charge < -0.3 is 25.2 Å². The number of rotatable bonds is 12. The van der Waals surface area contributed by atoms with E-state index in [1.165, 1.54) is 7.11 Å². The Labute approximate surface area is 199 Å². The second kappa shape index (κ2) is 12.2. The molecular formula is C26H32N2O6. The smallest absolute Gasteiger partial charge is 0.407 e. The average molecular weight is 469 g/mol. The number of carbonyl (C=O) groups excluding carboxylic acids is 2. The maximum absolute atomic E-state index is 12.6. The number of carbonyl (C=O) groups is 3. The molecule has 0 aromatic heterocycles. The second-order valence-electron chi connectivity index (χ2n) is 8.43. The number of hydrogen-bond acceptors (Lipinski definition) is 5. The van der Waals surface area contributed by atoms with Crippen molar-refractivity contribution in [1.29, 1.82) is 0 Å². The quantitative estimate of drug-likeness (QED) is 0.438. The summed E-state index contributed by atoms with van der Waals surface area (Å²) in [5.41, 5.74) is 4.54. The zero-order chi connectivity index (χ0) is 24.5. The third-order valence-electron chi connectivity index (χ3n) is 5.97. The van der Waals surface area contributed by atoms with E-state index in [1.807, 2.05) is 31.2 Å². The zero-order valence-corrected chi connectivity index (χ0v) is 19.6. The van der Waals surface area contributed by atoms with Gasteiger partial charge in [-0.05, 0) is 28.7 Å². The van der Waals surface area contributed by atoms with E-state index in [0.717, 1.165) is 35.1 Å². The Balaban J connectivity index is 1.60. The largest absolute Gasteiger partial charge is 0.480 e. The molecule has 0 fully saturated rings. The van der Waals surface area contributed by atoms with Crippen molar-refractivity contribution in [3.8, 4) is 11.1 Å². The van der Waals surface area contributed by atoms with E-state index >= 15 is 0 Å². The van der Waals surface area contributed by atoms with Crippen molar-refractivity contribution in [2.75, 3.05) is 20.3 Å². The number of amides is 2. The van der Waals surface area contributed by atoms with Gasteiger partial charge in [-0.25, -0.2) is 9.59 Å². The van der Waals surface area contributed by atoms with E-state index in [1.54, 1.807) is 0 Å². The van der Waals surface area contributed by atoms with Crippen LogP contribution in [-0.4, -0.2) is 55.5 Å². The molecule has 8 heteroatoms. The van der Waals surface area contributed by atoms with Crippen molar-refractivity contribution < 1.29 is 29.0 Å². The van der Waals surface area contributed by atoms with Crippen molar-refractivity contribution in [2.45, 2.75) is 50.6 Å². The number of alkyl carbamates (subject to hydrolysis) is 1. The fraction of sp³-hybridized carbons (Fsp3) is 0.423. The average Bonchev–Trinajstić information content (AvgIpc) is 3.14. The molecule has 0 saturated heterocycles. The highest BCUT2D eigenvalue weighted by atomic mass is 16.5. The second-order valence-corrected chi connectivity index (χ2v) is 8.43. The number of methoxy groups -OCH3 is 1. The van der Waals surface area contributed by atoms with E-state index in [4.69, 9.17) is 9.47 Å². The number of hydrogen-bond donors (Lipinski definition) is 3. The molecule has 34 heavy (non-hydrogen) atoms. The number of carboxylic acids is 1. The monoisotopic (exact) mass is 468 g/mol. The number of carboxylic acid groups (broad SMARTS) is 1. The van der Waals surface area contributed by atoms with Gasteiger partial charge in [0.25, 0.3) is 0 Å². The van der Waals surface area contributed by atoms with Crippen molar-refractivity contribution >= 4 is 18.0 Å². The van der Waals surface area contributed by atoms with Gasteiger partial charge in [-0.2, -0.15) is 0 Å². The molecule has 8 nitrogen and oxygen atoms in total. The first-order chi connectivity index (χ1) is 16.4. The van der Waals surface area contributed by atoms with Crippen LogP contribution < -0.4 is 10.6 Å². The Hall–Kier alpha value is -3.39. The molecule has 0 radical (unpaired) electrons. The molecule has 2 amide bonds. The Kier molecular flexibility index (Phi) is 9.04. The lowest BCUT2D eigenvalue weighted by Gasteiger charge is -2.21. The lowest BCUT2D eigenvalue weighted by Crippen LogP contribution is -2.46. The summed E-state index contributed by atoms with van der Waals surface area (Å²) in [7, 11) is 1.37. The maximum atomic E-state index is 12.6. The first-order valence-electron chi connectivity index (χ1n) is 11.6. The SMILES string of the molecule is CCCCC(CC(=O)NC(COC)C(=O)O)NC(=O)OCC1c2ccccc2-c2ccccc21. The highest BCUT2D eigenvalue weighted by molar-refractivity contribution is 5.84. The van der Waals surface area contributed by atoms with Gasteiger partial charge in [0.15, 0.2) is 6.04 Å². The Morgan fingerprint density at radius 1 is 1.00 bits per heavy atom. The van der Waals surface area contributed by atoms with Gasteiger partial charge >= 0.3 is 12.1 Å². The molecule has 0 bridgehead atoms. The summed E-state index contributed by atoms with van der Waals surface area (Å²) in [6, 6.07) is 14.6. The van der Waals surface area contributed by atoms with Crippen LogP contribution in [0.15, 0.2) is 48.5 Å². The summed E-state index contributed by atoms with van der Waals surface area (Å²) >= 11 is 0. The van der Waals surface area contributed by atoms with Gasteiger partial charge in [-0.15, -0.1) is 0 Å². The van der Waals surface area contributed by atoms with Gasteiger partial charge in [0.1, 0.15) is 6.61 Å². The molecule has 182 valence electrons. The standard InChI is InChI=1S/C26H32N2O6/c1-3-4-9-17(14-24(29)28-23(16-33-2)25(30)31)27-26(32)34-15-22-20-12-7-5-10-18(20)19-11-6-8-13-21(19)22/h5-8,10-13,17,22-23H,3-4,9,14-16H2,1-2H3,(H,27,32)(H,28,29)(H,30,31). The van der Waals surface area contributed by atoms with Crippen molar-refractivity contribution in [3.63, 3.8) is 0 Å². The fourth-order valence-electron chi connectivity index (χ4n) is 4.30. The van der Waals surface area contributed by atoms with Crippen LogP contribution >= 0.6 is 0 Å². The molecule has 3 N–H and O–H groups in total. The molecule has 2 aromatic carbocycles. The lowest BCUT2D eigenvalue weighted by atomic mass is 9.98. The van der Waals surface area contributed by atoms with E-state index in [2.05, 4.69) is 34.9 Å². The topological polar surface area (TPSA) is 114 Å². The molecular weight excluding hydrogens is 436 g/mol. The van der Waals surface area contributed by atoms with Gasteiger partial charge in [-0.1, -0.05) is 68.3 Å². The highest BCUT2D eigenvalue weighted by Gasteiger charge is 2.29. The Bertz CT molecular complexity index is 963. The third-order valence-corrected chi connectivity index (χ3v) is 5.97. The van der Waals surface area contributed by atoms with Crippen LogP contribution in [-0.2, 0) is 19.1 Å². The van der Waals surface area contributed by atoms with Gasteiger partial charge in [0.05, 0.1) is 6.61 Å². The van der Waals surface area contributed by atoms with Gasteiger partial charge in [0.2, 0.25) is 5.91 Å². The van der Waals surface area contributed by atoms with E-state index < -0.39 is 30.1 Å². The lowest BCUT2D eigenvalue weighted by molar-refractivity contribution is -0.143. The zero-order valence-electron chi connectivity index (χ0n) is 19.6. The molecule has 0 aliphatic heterocycles. The van der Waals surface area contributed by atoms with E-state index in [-0.39, 0.29) is 25.6 Å². The minimum absolute atomic E-state index is 0.0440. The summed E-state index contributed by atoms with van der Waals surface area (Å²) < 4.78 is 10.4. The fourth-order valence-corrected chi connectivity index (χ4v) is 4.30. The predicted molar refractivity (Wildman–Crippen MR) is 128 cm³/mol. The van der Waals surface area contributed by atoms with Crippen LogP contribution in [0.3, 0.4) is 0 Å². The third kappa shape index (κ3) is 6.35. The minimum atomic E-state index is -1.18. The number of aliphatic carboxylic acids is 1. The van der Waals surface area contributed by atoms with Crippen molar-refractivity contribution in [2.24, 2.45) is 0 Å². The van der Waals surface area contributed by atoms with Crippen molar-refractivity contribution in [3.05, 3.63) is 59.7 Å². The first-order valence-corrected chi connectivity index (χ1v) is 11.6. The molecule has 2 atom stereocenters. The summed E-state index contributed by atoms with van der Waals surface area (Å²) in [5, 5.41) is 14.4. The Morgan fingerprint density at radius 3 is 2.18 bits per heavy atom. The highest BCUT2D eigenvalue weighted by Crippen LogP contribution is 2.44. The number of nitrogens with one attached hydrogen (secondary N) is 2. The van der Waals surface area contributed by atoms with Gasteiger partial charge in [0, 0.05) is 25.5 Å². The molecule has 0 saturated carbocycles. The summed E-state index contributed by atoms with van der Waals surface area (Å²) in [6.07, 6.45) is 1.64. The Morgan fingerprint density at radius 2 is 1.62 bits per heavy atom. The molecule has 2 aromatic rings. The summed E-state index contributed by atoms with van der Waals surface area (Å²) in [4.78, 5) is 36.3. The molecule has 0 spiro atoms. The predicted octanol–water partition coefficient (Wildman–Crippen LogP) is 3.69. The first kappa shape index (κ1) is 25.2. The summed E-state index contributed by atoms with van der Waals surface area (Å²) in [5.74, 6) is -1.70. The van der Waals surface area contributed by atoms with E-state index in [0.29, 0.717) is 6.42 Å². The minimum Gasteiger partial charge on any atom is -0.480 e. The van der Waals surface area contributed by atoms with Crippen LogP contribution in [0, 0.1) is 0 Å². The molecule has 3 rings (SSSR count). The summed E-state index contributed by atoms with van der Waals surface area (Å²) in [6.45, 7) is 2.06. The van der Waals surface area contributed by atoms with E-state index in [9.17, 15) is 19.5 Å². The van der Waals surface area contributed by atoms with Crippen LogP contribution in [0.2, 0.25) is 0 Å². The van der Waals surface area contributed by atoms with Gasteiger partial charge in [-0.3, -0.25) is 4.79 Å². The van der Waals surface area contributed by atoms with Crippen molar-refractivity contribution in [1.82, 2.24) is 10.6 Å². The van der Waals surface area contributed by atoms with Crippen LogP contribution in [0.5, 0.6) is 0 Å².